The first-order valence-corrected chi connectivity index (χ1v) is 3.49. The van der Waals surface area contributed by atoms with Gasteiger partial charge in [-0.2, -0.15) is 0 Å². The normalized spacial score (nSPS) is 11.1. The minimum atomic E-state index is -1.04. The van der Waals surface area contributed by atoms with E-state index in [9.17, 15) is 9.59 Å². The highest BCUT2D eigenvalue weighted by Gasteiger charge is 1.86. The average Bonchev–Trinajstić information content (AvgIpc) is 2.01. The van der Waals surface area contributed by atoms with Crippen molar-refractivity contribution in [3.8, 4) is 0 Å². The molecule has 72 valence electrons. The number of carboxylic acids is 2. The second kappa shape index (κ2) is 7.05. The van der Waals surface area contributed by atoms with Gasteiger partial charge in [-0.1, -0.05) is 12.2 Å². The molecular formula is C8H10O5. The summed E-state index contributed by atoms with van der Waals surface area (Å²) in [6, 6.07) is 0. The van der Waals surface area contributed by atoms with Gasteiger partial charge in [0.15, 0.2) is 0 Å². The first-order valence-electron chi connectivity index (χ1n) is 3.49. The zero-order valence-electron chi connectivity index (χ0n) is 6.84. The lowest BCUT2D eigenvalue weighted by Crippen LogP contribution is -1.94. The Morgan fingerprint density at radius 3 is 1.69 bits per heavy atom. The maximum atomic E-state index is 9.94. The lowest BCUT2D eigenvalue weighted by molar-refractivity contribution is -0.132. The third-order valence-electron chi connectivity index (χ3n) is 0.949. The van der Waals surface area contributed by atoms with Gasteiger partial charge < -0.3 is 14.9 Å². The number of hydrogen-bond donors (Lipinski definition) is 2. The van der Waals surface area contributed by atoms with Crippen molar-refractivity contribution >= 4 is 11.9 Å². The summed E-state index contributed by atoms with van der Waals surface area (Å²) in [6.45, 7) is 0.298. The largest absolute Gasteiger partial charge is 0.478 e. The molecule has 0 amide bonds. The first kappa shape index (κ1) is 11.4. The van der Waals surface area contributed by atoms with Gasteiger partial charge in [0.25, 0.3) is 0 Å². The average molecular weight is 186 g/mol. The van der Waals surface area contributed by atoms with Gasteiger partial charge in [-0.3, -0.25) is 0 Å². The maximum absolute atomic E-state index is 9.94. The quantitative estimate of drug-likeness (QED) is 0.460. The molecule has 0 radical (unpaired) electrons. The van der Waals surface area contributed by atoms with E-state index in [4.69, 9.17) is 14.9 Å². The minimum Gasteiger partial charge on any atom is -0.478 e. The van der Waals surface area contributed by atoms with E-state index < -0.39 is 11.9 Å². The Morgan fingerprint density at radius 2 is 1.38 bits per heavy atom. The van der Waals surface area contributed by atoms with Gasteiger partial charge in [0.05, 0.1) is 13.2 Å². The molecule has 0 heterocycles. The Morgan fingerprint density at radius 1 is 1.00 bits per heavy atom. The smallest absolute Gasteiger partial charge is 0.328 e. The van der Waals surface area contributed by atoms with Crippen LogP contribution in [0.4, 0.5) is 0 Å². The fourth-order valence-electron chi connectivity index (χ4n) is 0.502. The van der Waals surface area contributed by atoms with Gasteiger partial charge >= 0.3 is 11.9 Å². The highest BCUT2D eigenvalue weighted by Crippen LogP contribution is 1.80. The molecule has 5 nitrogen and oxygen atoms in total. The molecule has 0 unspecified atom stereocenters. The molecule has 0 aromatic rings. The van der Waals surface area contributed by atoms with Gasteiger partial charge in [-0.25, -0.2) is 9.59 Å². The summed E-state index contributed by atoms with van der Waals surface area (Å²) in [5, 5.41) is 16.3. The maximum Gasteiger partial charge on any atom is 0.328 e. The van der Waals surface area contributed by atoms with E-state index in [-0.39, 0.29) is 13.2 Å². The number of ether oxygens (including phenoxy) is 1. The van der Waals surface area contributed by atoms with Crippen LogP contribution in [0.15, 0.2) is 24.3 Å². The van der Waals surface area contributed by atoms with Gasteiger partial charge in [0.2, 0.25) is 0 Å². The van der Waals surface area contributed by atoms with Crippen LogP contribution in [-0.4, -0.2) is 35.4 Å². The number of rotatable bonds is 6. The van der Waals surface area contributed by atoms with Crippen LogP contribution in [0, 0.1) is 0 Å². The second-order valence-electron chi connectivity index (χ2n) is 2.02. The van der Waals surface area contributed by atoms with Crippen LogP contribution in [0.2, 0.25) is 0 Å². The van der Waals surface area contributed by atoms with Crippen LogP contribution in [0.3, 0.4) is 0 Å². The number of carbonyl (C=O) groups is 2. The number of carboxylic acid groups (broad SMARTS) is 2. The monoisotopic (exact) mass is 186 g/mol. The van der Waals surface area contributed by atoms with Crippen molar-refractivity contribution in [2.75, 3.05) is 13.2 Å². The van der Waals surface area contributed by atoms with E-state index in [0.29, 0.717) is 0 Å². The summed E-state index contributed by atoms with van der Waals surface area (Å²) in [4.78, 5) is 19.9. The molecule has 0 atom stereocenters. The van der Waals surface area contributed by atoms with Crippen LogP contribution in [-0.2, 0) is 14.3 Å². The molecule has 13 heavy (non-hydrogen) atoms. The molecule has 0 saturated carbocycles. The molecule has 0 aromatic carbocycles. The van der Waals surface area contributed by atoms with Crippen molar-refractivity contribution in [3.63, 3.8) is 0 Å². The molecule has 2 N–H and O–H groups in total. The molecule has 0 rings (SSSR count). The molecule has 0 aliphatic heterocycles. The fourth-order valence-corrected chi connectivity index (χ4v) is 0.502. The number of hydrogen-bond acceptors (Lipinski definition) is 3. The molecule has 5 heteroatoms. The van der Waals surface area contributed by atoms with Crippen LogP contribution < -0.4 is 0 Å². The third kappa shape index (κ3) is 10.4. The van der Waals surface area contributed by atoms with Gasteiger partial charge in [0.1, 0.15) is 0 Å². The standard InChI is InChI=1S/C8H10O5/c9-7(10)3-1-5-13-6-2-4-8(11)12/h1-4H,5-6H2,(H,9,10)(H,11,12). The van der Waals surface area contributed by atoms with Crippen molar-refractivity contribution in [1.29, 1.82) is 0 Å². The summed E-state index contributed by atoms with van der Waals surface area (Å²) in [5.74, 6) is -2.07. The van der Waals surface area contributed by atoms with Crippen molar-refractivity contribution in [2.45, 2.75) is 0 Å². The number of aliphatic carboxylic acids is 2. The van der Waals surface area contributed by atoms with Crippen LogP contribution in [0.1, 0.15) is 0 Å². The predicted molar refractivity (Wildman–Crippen MR) is 44.4 cm³/mol. The van der Waals surface area contributed by atoms with Crippen molar-refractivity contribution in [3.05, 3.63) is 24.3 Å². The Bertz CT molecular complexity index is 205. The molecular weight excluding hydrogens is 176 g/mol. The summed E-state index contributed by atoms with van der Waals surface area (Å²) in [5.41, 5.74) is 0. The summed E-state index contributed by atoms with van der Waals surface area (Å²) in [6.07, 6.45) is 4.58. The van der Waals surface area contributed by atoms with E-state index >= 15 is 0 Å². The lowest BCUT2D eigenvalue weighted by Gasteiger charge is -1.92. The van der Waals surface area contributed by atoms with E-state index in [1.165, 1.54) is 12.2 Å². The molecule has 0 aliphatic rings. The molecule has 0 spiro atoms. The minimum absolute atomic E-state index is 0.149. The SMILES string of the molecule is O=C(O)C=CCOCC=CC(=O)O. The van der Waals surface area contributed by atoms with Crippen LogP contribution >= 0.6 is 0 Å². The fraction of sp³-hybridized carbons (Fsp3) is 0.250. The Labute approximate surface area is 74.9 Å². The Kier molecular flexibility index (Phi) is 6.17. The van der Waals surface area contributed by atoms with Crippen molar-refractivity contribution in [1.82, 2.24) is 0 Å². The van der Waals surface area contributed by atoms with Crippen molar-refractivity contribution in [2.24, 2.45) is 0 Å². The van der Waals surface area contributed by atoms with E-state index in [0.717, 1.165) is 12.2 Å². The van der Waals surface area contributed by atoms with Crippen LogP contribution in [0.5, 0.6) is 0 Å². The van der Waals surface area contributed by atoms with Gasteiger partial charge in [0, 0.05) is 12.2 Å². The summed E-state index contributed by atoms with van der Waals surface area (Å²) >= 11 is 0. The third-order valence-corrected chi connectivity index (χ3v) is 0.949. The van der Waals surface area contributed by atoms with Crippen LogP contribution in [0.25, 0.3) is 0 Å². The zero-order valence-corrected chi connectivity index (χ0v) is 6.84. The Balaban J connectivity index is 3.36. The Hall–Kier alpha value is -1.62. The topological polar surface area (TPSA) is 83.8 Å². The second-order valence-corrected chi connectivity index (χ2v) is 2.02. The van der Waals surface area contributed by atoms with E-state index in [2.05, 4.69) is 0 Å². The highest BCUT2D eigenvalue weighted by molar-refractivity contribution is 5.80. The molecule has 0 fully saturated rings. The van der Waals surface area contributed by atoms with E-state index in [1.54, 1.807) is 0 Å². The molecule has 0 saturated heterocycles. The molecule has 0 aliphatic carbocycles. The molecule has 0 aromatic heterocycles. The van der Waals surface area contributed by atoms with Gasteiger partial charge in [-0.05, 0) is 0 Å². The van der Waals surface area contributed by atoms with Crippen molar-refractivity contribution < 1.29 is 24.5 Å². The van der Waals surface area contributed by atoms with Gasteiger partial charge in [-0.15, -0.1) is 0 Å². The lowest BCUT2D eigenvalue weighted by atomic mass is 10.5. The zero-order chi connectivity index (χ0) is 10.1. The summed E-state index contributed by atoms with van der Waals surface area (Å²) in [7, 11) is 0. The molecule has 0 bridgehead atoms. The first-order chi connectivity index (χ1) is 6.13. The van der Waals surface area contributed by atoms with E-state index in [1.807, 2.05) is 0 Å². The summed E-state index contributed by atoms with van der Waals surface area (Å²) < 4.78 is 4.83. The predicted octanol–water partition coefficient (Wildman–Crippen LogP) is 0.285. The highest BCUT2D eigenvalue weighted by atomic mass is 16.5.